The van der Waals surface area contributed by atoms with Crippen LogP contribution in [0.5, 0.6) is 0 Å². The Balaban J connectivity index is 1.39. The van der Waals surface area contributed by atoms with E-state index in [1.807, 2.05) is 19.1 Å². The standard InChI is InChI=1S/C22H31ClF2N4O2/c1-21(5-7-22(24,25)8-6-21)13-18(30)27-14-19(31)29-11-9-28(10-12-29)15-16-3-2-4-17(23)20(16)26/h2-4H,5-15,26H2,1H3,(H,27,30). The third kappa shape index (κ3) is 6.53. The second kappa shape index (κ2) is 9.69. The fourth-order valence-electron chi connectivity index (χ4n) is 4.25. The third-order valence-corrected chi connectivity index (χ3v) is 6.80. The minimum Gasteiger partial charge on any atom is -0.397 e. The molecule has 0 unspecified atom stereocenters. The Morgan fingerprint density at radius 1 is 1.13 bits per heavy atom. The van der Waals surface area contributed by atoms with Gasteiger partial charge in [-0.25, -0.2) is 8.78 Å². The number of rotatable bonds is 6. The number of amides is 2. The van der Waals surface area contributed by atoms with Gasteiger partial charge in [0.05, 0.1) is 17.3 Å². The van der Waals surface area contributed by atoms with Crippen LogP contribution in [0.3, 0.4) is 0 Å². The SMILES string of the molecule is CC1(CC(=O)NCC(=O)N2CCN(Cc3cccc(Cl)c3N)CC2)CCC(F)(F)CC1. The van der Waals surface area contributed by atoms with Gasteiger partial charge in [-0.1, -0.05) is 30.7 Å². The van der Waals surface area contributed by atoms with Crippen LogP contribution in [0.15, 0.2) is 18.2 Å². The number of halogens is 3. The molecule has 1 saturated heterocycles. The Morgan fingerprint density at radius 3 is 2.42 bits per heavy atom. The quantitative estimate of drug-likeness (QED) is 0.644. The monoisotopic (exact) mass is 456 g/mol. The smallest absolute Gasteiger partial charge is 0.248 e. The predicted molar refractivity (Wildman–Crippen MR) is 117 cm³/mol. The summed E-state index contributed by atoms with van der Waals surface area (Å²) in [6, 6.07) is 5.58. The van der Waals surface area contributed by atoms with E-state index in [-0.39, 0.29) is 37.6 Å². The minimum absolute atomic E-state index is 0.0632. The highest BCUT2D eigenvalue weighted by atomic mass is 35.5. The number of anilines is 1. The van der Waals surface area contributed by atoms with Crippen LogP contribution in [-0.4, -0.2) is 60.3 Å². The second-order valence-electron chi connectivity index (χ2n) is 9.09. The van der Waals surface area contributed by atoms with Gasteiger partial charge >= 0.3 is 0 Å². The number of nitrogens with one attached hydrogen (secondary N) is 1. The normalized spacial score (nSPS) is 21.0. The van der Waals surface area contributed by atoms with Crippen molar-refractivity contribution in [1.29, 1.82) is 0 Å². The minimum atomic E-state index is -2.62. The Labute approximate surface area is 187 Å². The number of alkyl halides is 2. The number of benzene rings is 1. The van der Waals surface area contributed by atoms with E-state index in [0.29, 0.717) is 56.3 Å². The van der Waals surface area contributed by atoms with E-state index < -0.39 is 11.3 Å². The first-order chi connectivity index (χ1) is 14.6. The van der Waals surface area contributed by atoms with Gasteiger partial charge in [-0.15, -0.1) is 0 Å². The Kier molecular flexibility index (Phi) is 7.42. The molecule has 2 aliphatic rings. The molecule has 31 heavy (non-hydrogen) atoms. The van der Waals surface area contributed by atoms with E-state index >= 15 is 0 Å². The number of nitrogens with two attached hydrogens (primary N) is 1. The Bertz CT molecular complexity index is 803. The van der Waals surface area contributed by atoms with Gasteiger partial charge in [0.1, 0.15) is 0 Å². The molecule has 0 aromatic heterocycles. The molecule has 1 heterocycles. The van der Waals surface area contributed by atoms with E-state index in [9.17, 15) is 18.4 Å². The van der Waals surface area contributed by atoms with Gasteiger partial charge in [-0.3, -0.25) is 14.5 Å². The molecule has 1 saturated carbocycles. The highest BCUT2D eigenvalue weighted by molar-refractivity contribution is 6.33. The summed E-state index contributed by atoms with van der Waals surface area (Å²) in [5.74, 6) is -3.00. The molecule has 0 spiro atoms. The Hall–Kier alpha value is -1.93. The first-order valence-electron chi connectivity index (χ1n) is 10.7. The lowest BCUT2D eigenvalue weighted by molar-refractivity contribution is -0.135. The summed E-state index contributed by atoms with van der Waals surface area (Å²) in [5.41, 5.74) is 7.15. The largest absolute Gasteiger partial charge is 0.397 e. The van der Waals surface area contributed by atoms with Crippen molar-refractivity contribution in [3.05, 3.63) is 28.8 Å². The summed E-state index contributed by atoms with van der Waals surface area (Å²) in [5, 5.41) is 3.21. The molecule has 6 nitrogen and oxygen atoms in total. The van der Waals surface area contributed by atoms with Crippen molar-refractivity contribution < 1.29 is 18.4 Å². The molecule has 9 heteroatoms. The lowest BCUT2D eigenvalue weighted by atomic mass is 9.72. The van der Waals surface area contributed by atoms with Crippen LogP contribution in [0.25, 0.3) is 0 Å². The van der Waals surface area contributed by atoms with Crippen molar-refractivity contribution in [1.82, 2.24) is 15.1 Å². The van der Waals surface area contributed by atoms with Gasteiger partial charge < -0.3 is 16.0 Å². The van der Waals surface area contributed by atoms with Crippen LogP contribution in [0.4, 0.5) is 14.5 Å². The summed E-state index contributed by atoms with van der Waals surface area (Å²) in [6.45, 7) is 5.03. The first kappa shape index (κ1) is 23.7. The molecule has 1 aromatic rings. The maximum absolute atomic E-state index is 13.4. The molecular weight excluding hydrogens is 426 g/mol. The number of hydrogen-bond donors (Lipinski definition) is 2. The van der Waals surface area contributed by atoms with Crippen molar-refractivity contribution in [3.8, 4) is 0 Å². The molecular formula is C22H31ClF2N4O2. The zero-order valence-corrected chi connectivity index (χ0v) is 18.7. The molecule has 3 N–H and O–H groups in total. The average molecular weight is 457 g/mol. The Morgan fingerprint density at radius 2 is 1.77 bits per heavy atom. The van der Waals surface area contributed by atoms with Gasteiger partial charge in [0.25, 0.3) is 0 Å². The zero-order chi connectivity index (χ0) is 22.6. The van der Waals surface area contributed by atoms with Gasteiger partial charge in [0.2, 0.25) is 17.7 Å². The van der Waals surface area contributed by atoms with Gasteiger partial charge in [0, 0.05) is 52.0 Å². The number of nitrogen functional groups attached to an aromatic ring is 1. The van der Waals surface area contributed by atoms with E-state index in [4.69, 9.17) is 17.3 Å². The van der Waals surface area contributed by atoms with Gasteiger partial charge in [0.15, 0.2) is 0 Å². The van der Waals surface area contributed by atoms with E-state index in [0.717, 1.165) is 5.56 Å². The summed E-state index contributed by atoms with van der Waals surface area (Å²) in [4.78, 5) is 28.7. The lowest BCUT2D eigenvalue weighted by Gasteiger charge is -2.37. The summed E-state index contributed by atoms with van der Waals surface area (Å²) >= 11 is 6.07. The second-order valence-corrected chi connectivity index (χ2v) is 9.50. The van der Waals surface area contributed by atoms with Crippen molar-refractivity contribution >= 4 is 29.1 Å². The number of nitrogens with zero attached hydrogens (tertiary/aromatic N) is 2. The first-order valence-corrected chi connectivity index (χ1v) is 11.1. The molecule has 2 fully saturated rings. The van der Waals surface area contributed by atoms with E-state index in [1.54, 1.807) is 11.0 Å². The number of hydrogen-bond acceptors (Lipinski definition) is 4. The van der Waals surface area contributed by atoms with E-state index in [2.05, 4.69) is 10.2 Å². The maximum Gasteiger partial charge on any atom is 0.248 e. The fraction of sp³-hybridized carbons (Fsp3) is 0.636. The highest BCUT2D eigenvalue weighted by Gasteiger charge is 2.41. The number of piperazine rings is 1. The molecule has 3 rings (SSSR count). The maximum atomic E-state index is 13.4. The summed E-state index contributed by atoms with van der Waals surface area (Å²) in [6.07, 6.45) is 0.452. The van der Waals surface area contributed by atoms with Crippen molar-refractivity contribution in [2.45, 2.75) is 51.5 Å². The molecule has 0 radical (unpaired) electrons. The molecule has 1 aliphatic carbocycles. The topological polar surface area (TPSA) is 78.7 Å². The zero-order valence-electron chi connectivity index (χ0n) is 17.9. The molecule has 0 bridgehead atoms. The molecule has 2 amide bonds. The molecule has 0 atom stereocenters. The average Bonchev–Trinajstić information content (AvgIpc) is 2.73. The molecule has 172 valence electrons. The van der Waals surface area contributed by atoms with Crippen molar-refractivity contribution in [2.75, 3.05) is 38.5 Å². The third-order valence-electron chi connectivity index (χ3n) is 6.47. The number of para-hydroxylation sites is 1. The van der Waals surface area contributed by atoms with Crippen molar-refractivity contribution in [2.24, 2.45) is 5.41 Å². The van der Waals surface area contributed by atoms with Crippen molar-refractivity contribution in [3.63, 3.8) is 0 Å². The molecule has 1 aromatic carbocycles. The van der Waals surface area contributed by atoms with Crippen LogP contribution >= 0.6 is 11.6 Å². The van der Waals surface area contributed by atoms with Gasteiger partial charge in [-0.2, -0.15) is 0 Å². The molecule has 1 aliphatic heterocycles. The number of carbonyl (C=O) groups excluding carboxylic acids is 2. The lowest BCUT2D eigenvalue weighted by Crippen LogP contribution is -2.51. The van der Waals surface area contributed by atoms with Crippen LogP contribution in [0.1, 0.15) is 44.6 Å². The highest BCUT2D eigenvalue weighted by Crippen LogP contribution is 2.45. The number of carbonyl (C=O) groups is 2. The van der Waals surface area contributed by atoms with E-state index in [1.165, 1.54) is 0 Å². The summed E-state index contributed by atoms with van der Waals surface area (Å²) in [7, 11) is 0. The van der Waals surface area contributed by atoms with Crippen LogP contribution in [0.2, 0.25) is 5.02 Å². The fourth-order valence-corrected chi connectivity index (χ4v) is 4.44. The predicted octanol–water partition coefficient (Wildman–Crippen LogP) is 3.29. The van der Waals surface area contributed by atoms with Crippen LogP contribution in [-0.2, 0) is 16.1 Å². The van der Waals surface area contributed by atoms with Crippen LogP contribution < -0.4 is 11.1 Å². The van der Waals surface area contributed by atoms with Gasteiger partial charge in [-0.05, 0) is 29.9 Å². The summed E-state index contributed by atoms with van der Waals surface area (Å²) < 4.78 is 26.7. The van der Waals surface area contributed by atoms with Crippen LogP contribution in [0, 0.1) is 5.41 Å².